The summed E-state index contributed by atoms with van der Waals surface area (Å²) in [6, 6.07) is 0.379. The molecule has 4 heteroatoms. The Morgan fingerprint density at radius 3 is 2.83 bits per heavy atom. The van der Waals surface area contributed by atoms with Gasteiger partial charge in [0.05, 0.1) is 16.9 Å². The maximum Gasteiger partial charge on any atom is 0.0820 e. The van der Waals surface area contributed by atoms with E-state index in [4.69, 9.17) is 11.6 Å². The number of halogens is 1. The van der Waals surface area contributed by atoms with E-state index < -0.39 is 0 Å². The van der Waals surface area contributed by atoms with Crippen LogP contribution in [0.2, 0.25) is 5.02 Å². The molecule has 1 fully saturated rings. The Labute approximate surface area is 115 Å². The molecule has 0 aromatic carbocycles. The number of aromatic nitrogens is 2. The standard InChI is InChI=1S/C14H24ClN3/c1-10(2)18-14(13(15)9-17-18)12-7-5-4-6-11(12)8-16-3/h9-12,16H,4-8H2,1-3H3. The minimum atomic E-state index is 0.379. The highest BCUT2D eigenvalue weighted by atomic mass is 35.5. The molecule has 1 aliphatic rings. The van der Waals surface area contributed by atoms with Gasteiger partial charge in [-0.3, -0.25) is 4.68 Å². The van der Waals surface area contributed by atoms with Crippen LogP contribution >= 0.6 is 11.6 Å². The van der Waals surface area contributed by atoms with Crippen molar-refractivity contribution in [2.24, 2.45) is 5.92 Å². The van der Waals surface area contributed by atoms with Crippen molar-refractivity contribution < 1.29 is 0 Å². The van der Waals surface area contributed by atoms with Crippen LogP contribution in [0.1, 0.15) is 57.2 Å². The predicted octanol–water partition coefficient (Wildman–Crippen LogP) is 3.61. The minimum absolute atomic E-state index is 0.379. The average molecular weight is 270 g/mol. The zero-order chi connectivity index (χ0) is 13.1. The van der Waals surface area contributed by atoms with Crippen LogP contribution in [0.25, 0.3) is 0 Å². The van der Waals surface area contributed by atoms with Crippen molar-refractivity contribution >= 4 is 11.6 Å². The van der Waals surface area contributed by atoms with Gasteiger partial charge < -0.3 is 5.32 Å². The van der Waals surface area contributed by atoms with Crippen molar-refractivity contribution in [1.82, 2.24) is 15.1 Å². The van der Waals surface area contributed by atoms with E-state index in [1.54, 1.807) is 0 Å². The van der Waals surface area contributed by atoms with Crippen molar-refractivity contribution in [2.75, 3.05) is 13.6 Å². The maximum absolute atomic E-state index is 6.38. The predicted molar refractivity (Wildman–Crippen MR) is 76.2 cm³/mol. The van der Waals surface area contributed by atoms with Crippen LogP contribution in [0.4, 0.5) is 0 Å². The summed E-state index contributed by atoms with van der Waals surface area (Å²) in [4.78, 5) is 0. The Morgan fingerprint density at radius 1 is 1.44 bits per heavy atom. The second-order valence-electron chi connectivity index (χ2n) is 5.62. The normalized spacial score (nSPS) is 24.7. The monoisotopic (exact) mass is 269 g/mol. The molecule has 1 aromatic rings. The lowest BCUT2D eigenvalue weighted by Crippen LogP contribution is -2.29. The summed E-state index contributed by atoms with van der Waals surface area (Å²) in [6.45, 7) is 5.41. The van der Waals surface area contributed by atoms with Gasteiger partial charge in [-0.15, -0.1) is 0 Å². The largest absolute Gasteiger partial charge is 0.319 e. The van der Waals surface area contributed by atoms with E-state index in [9.17, 15) is 0 Å². The first-order valence-electron chi connectivity index (χ1n) is 7.02. The fourth-order valence-corrected chi connectivity index (χ4v) is 3.45. The number of nitrogens with zero attached hydrogens (tertiary/aromatic N) is 2. The first kappa shape index (κ1) is 13.9. The van der Waals surface area contributed by atoms with Gasteiger partial charge in [-0.2, -0.15) is 5.10 Å². The van der Waals surface area contributed by atoms with Crippen LogP contribution in [-0.2, 0) is 0 Å². The zero-order valence-electron chi connectivity index (χ0n) is 11.6. The molecule has 2 unspecified atom stereocenters. The quantitative estimate of drug-likeness (QED) is 0.905. The average Bonchev–Trinajstić information content (AvgIpc) is 2.72. The maximum atomic E-state index is 6.38. The van der Waals surface area contributed by atoms with Crippen LogP contribution in [0, 0.1) is 5.92 Å². The highest BCUT2D eigenvalue weighted by Crippen LogP contribution is 2.40. The smallest absolute Gasteiger partial charge is 0.0820 e. The summed E-state index contributed by atoms with van der Waals surface area (Å²) in [5.74, 6) is 1.25. The molecule has 2 atom stereocenters. The van der Waals surface area contributed by atoms with Gasteiger partial charge in [0.25, 0.3) is 0 Å². The van der Waals surface area contributed by atoms with E-state index in [1.165, 1.54) is 31.4 Å². The Hall–Kier alpha value is -0.540. The van der Waals surface area contributed by atoms with Crippen LogP contribution in [0.15, 0.2) is 6.20 Å². The molecule has 1 heterocycles. The molecule has 102 valence electrons. The summed E-state index contributed by atoms with van der Waals surface area (Å²) in [7, 11) is 2.03. The van der Waals surface area contributed by atoms with E-state index in [0.29, 0.717) is 17.9 Å². The summed E-state index contributed by atoms with van der Waals surface area (Å²) < 4.78 is 2.11. The van der Waals surface area contributed by atoms with Gasteiger partial charge in [0.2, 0.25) is 0 Å². The third-order valence-corrected chi connectivity index (χ3v) is 4.29. The Balaban J connectivity index is 2.30. The second-order valence-corrected chi connectivity index (χ2v) is 6.03. The van der Waals surface area contributed by atoms with Crippen molar-refractivity contribution in [1.29, 1.82) is 0 Å². The van der Waals surface area contributed by atoms with Gasteiger partial charge in [0.1, 0.15) is 0 Å². The van der Waals surface area contributed by atoms with Crippen molar-refractivity contribution in [3.05, 3.63) is 16.9 Å². The zero-order valence-corrected chi connectivity index (χ0v) is 12.4. The minimum Gasteiger partial charge on any atom is -0.319 e. The molecule has 0 amide bonds. The molecule has 0 saturated heterocycles. The van der Waals surface area contributed by atoms with Gasteiger partial charge in [0.15, 0.2) is 0 Å². The van der Waals surface area contributed by atoms with Crippen LogP contribution in [-0.4, -0.2) is 23.4 Å². The van der Waals surface area contributed by atoms with E-state index in [1.807, 2.05) is 13.2 Å². The van der Waals surface area contributed by atoms with Crippen molar-refractivity contribution in [3.8, 4) is 0 Å². The van der Waals surface area contributed by atoms with Crippen molar-refractivity contribution in [3.63, 3.8) is 0 Å². The van der Waals surface area contributed by atoms with E-state index in [0.717, 1.165) is 11.6 Å². The van der Waals surface area contributed by atoms with Gasteiger partial charge in [-0.1, -0.05) is 24.4 Å². The fourth-order valence-electron chi connectivity index (χ4n) is 3.18. The van der Waals surface area contributed by atoms with E-state index in [-0.39, 0.29) is 0 Å². The fraction of sp³-hybridized carbons (Fsp3) is 0.786. The van der Waals surface area contributed by atoms with Crippen LogP contribution in [0.3, 0.4) is 0 Å². The number of hydrogen-bond donors (Lipinski definition) is 1. The van der Waals surface area contributed by atoms with Gasteiger partial charge >= 0.3 is 0 Å². The summed E-state index contributed by atoms with van der Waals surface area (Å²) in [6.07, 6.45) is 7.00. The number of rotatable bonds is 4. The molecule has 0 spiro atoms. The lowest BCUT2D eigenvalue weighted by Gasteiger charge is -2.32. The molecular formula is C14H24ClN3. The highest BCUT2D eigenvalue weighted by Gasteiger charge is 2.30. The molecule has 0 aliphatic heterocycles. The molecule has 2 rings (SSSR count). The molecule has 3 nitrogen and oxygen atoms in total. The Bertz CT molecular complexity index is 384. The lowest BCUT2D eigenvalue weighted by atomic mass is 9.77. The van der Waals surface area contributed by atoms with Crippen molar-refractivity contribution in [2.45, 2.75) is 51.5 Å². The van der Waals surface area contributed by atoms with Gasteiger partial charge in [-0.05, 0) is 46.2 Å². The molecule has 1 N–H and O–H groups in total. The third kappa shape index (κ3) is 2.72. The topological polar surface area (TPSA) is 29.9 Å². The molecule has 0 bridgehead atoms. The molecule has 18 heavy (non-hydrogen) atoms. The summed E-state index contributed by atoms with van der Waals surface area (Å²) in [5, 5.41) is 8.62. The van der Waals surface area contributed by atoms with Gasteiger partial charge in [-0.25, -0.2) is 0 Å². The summed E-state index contributed by atoms with van der Waals surface area (Å²) >= 11 is 6.38. The van der Waals surface area contributed by atoms with Gasteiger partial charge in [0, 0.05) is 12.0 Å². The summed E-state index contributed by atoms with van der Waals surface area (Å²) in [5.41, 5.74) is 1.26. The SMILES string of the molecule is CNCC1CCCCC1c1c(Cl)cnn1C(C)C. The Morgan fingerprint density at radius 2 is 2.17 bits per heavy atom. The van der Waals surface area contributed by atoms with E-state index in [2.05, 4.69) is 28.9 Å². The van der Waals surface area contributed by atoms with Crippen LogP contribution in [0.5, 0.6) is 0 Å². The first-order chi connectivity index (χ1) is 8.65. The molecular weight excluding hydrogens is 246 g/mol. The first-order valence-corrected chi connectivity index (χ1v) is 7.40. The Kier molecular flexibility index (Phi) is 4.68. The number of nitrogens with one attached hydrogen (secondary N) is 1. The van der Waals surface area contributed by atoms with E-state index >= 15 is 0 Å². The second kappa shape index (κ2) is 6.07. The highest BCUT2D eigenvalue weighted by molar-refractivity contribution is 6.31. The molecule has 1 aliphatic carbocycles. The number of hydrogen-bond acceptors (Lipinski definition) is 2. The molecule has 0 radical (unpaired) electrons. The lowest BCUT2D eigenvalue weighted by molar-refractivity contribution is 0.284. The van der Waals surface area contributed by atoms with Crippen LogP contribution < -0.4 is 5.32 Å². The molecule has 1 aromatic heterocycles. The molecule has 1 saturated carbocycles. The third-order valence-electron chi connectivity index (χ3n) is 4.00.